The Morgan fingerprint density at radius 1 is 1.00 bits per heavy atom. The van der Waals surface area contributed by atoms with Gasteiger partial charge in [-0.2, -0.15) is 0 Å². The molecular weight excluding hydrogens is 386 g/mol. The van der Waals surface area contributed by atoms with Crippen LogP contribution in [0, 0.1) is 0 Å². The predicted octanol–water partition coefficient (Wildman–Crippen LogP) is 2.53. The maximum atomic E-state index is 11.4. The molecule has 3 N–H and O–H groups in total. The van der Waals surface area contributed by atoms with Crippen molar-refractivity contribution < 1.29 is 8.42 Å². The first-order valence-electron chi connectivity index (χ1n) is 9.83. The number of hydrogen-bond acceptors (Lipinski definition) is 6. The van der Waals surface area contributed by atoms with Gasteiger partial charge in [0.15, 0.2) is 0 Å². The molecule has 0 amide bonds. The van der Waals surface area contributed by atoms with Gasteiger partial charge in [-0.05, 0) is 62.2 Å². The lowest BCUT2D eigenvalue weighted by molar-refractivity contribution is 0.323. The van der Waals surface area contributed by atoms with E-state index in [9.17, 15) is 8.42 Å². The highest BCUT2D eigenvalue weighted by molar-refractivity contribution is 7.89. The topological polar surface area (TPSA) is 101 Å². The maximum absolute atomic E-state index is 11.4. The normalized spacial score (nSPS) is 15.1. The first-order valence-corrected chi connectivity index (χ1v) is 11.4. The second kappa shape index (κ2) is 8.44. The van der Waals surface area contributed by atoms with Crippen molar-refractivity contribution in [3.8, 4) is 0 Å². The smallest absolute Gasteiger partial charge is 0.238 e. The van der Waals surface area contributed by atoms with Crippen molar-refractivity contribution in [3.05, 3.63) is 59.9 Å². The van der Waals surface area contributed by atoms with E-state index in [1.165, 1.54) is 12.8 Å². The number of fused-ring (bicyclic) bond motifs is 1. The number of nitrogens with two attached hydrogens (primary N) is 1. The quantitative estimate of drug-likeness (QED) is 0.620. The van der Waals surface area contributed by atoms with Gasteiger partial charge >= 0.3 is 0 Å². The summed E-state index contributed by atoms with van der Waals surface area (Å²) >= 11 is 0. The molecule has 0 saturated carbocycles. The number of sulfonamides is 1. The van der Waals surface area contributed by atoms with Gasteiger partial charge in [0.1, 0.15) is 11.6 Å². The highest BCUT2D eigenvalue weighted by atomic mass is 32.2. The molecule has 2 aromatic carbocycles. The van der Waals surface area contributed by atoms with E-state index in [-0.39, 0.29) is 4.90 Å². The van der Waals surface area contributed by atoms with E-state index >= 15 is 0 Å². The van der Waals surface area contributed by atoms with Crippen molar-refractivity contribution in [3.63, 3.8) is 0 Å². The molecule has 1 aromatic heterocycles. The van der Waals surface area contributed by atoms with Crippen molar-refractivity contribution in [2.45, 2.75) is 30.7 Å². The molecule has 0 aliphatic carbocycles. The van der Waals surface area contributed by atoms with E-state index in [1.807, 2.05) is 24.3 Å². The monoisotopic (exact) mass is 411 g/mol. The molecule has 1 fully saturated rings. The van der Waals surface area contributed by atoms with Crippen LogP contribution in [0.25, 0.3) is 10.9 Å². The lowest BCUT2D eigenvalue weighted by atomic mass is 10.1. The fourth-order valence-electron chi connectivity index (χ4n) is 3.64. The second-order valence-electron chi connectivity index (χ2n) is 7.35. The number of primary sulfonamides is 1. The number of rotatable bonds is 7. The fourth-order valence-corrected chi connectivity index (χ4v) is 4.16. The molecule has 0 bridgehead atoms. The van der Waals surface area contributed by atoms with Gasteiger partial charge in [-0.15, -0.1) is 0 Å². The average molecular weight is 412 g/mol. The van der Waals surface area contributed by atoms with Gasteiger partial charge in [0, 0.05) is 11.9 Å². The van der Waals surface area contributed by atoms with Gasteiger partial charge in [0.2, 0.25) is 10.0 Å². The summed E-state index contributed by atoms with van der Waals surface area (Å²) < 4.78 is 22.7. The number of nitrogens with zero attached hydrogens (tertiary/aromatic N) is 3. The van der Waals surface area contributed by atoms with Gasteiger partial charge in [-0.25, -0.2) is 23.5 Å². The summed E-state index contributed by atoms with van der Waals surface area (Å²) in [6.45, 7) is 3.66. The van der Waals surface area contributed by atoms with Crippen LogP contribution in [0.2, 0.25) is 0 Å². The number of nitrogens with one attached hydrogen (secondary N) is 1. The van der Waals surface area contributed by atoms with Crippen LogP contribution >= 0.6 is 0 Å². The predicted molar refractivity (Wildman–Crippen MR) is 114 cm³/mol. The Bertz CT molecular complexity index is 1090. The second-order valence-corrected chi connectivity index (χ2v) is 8.92. The molecule has 152 valence electrons. The first-order chi connectivity index (χ1) is 14.0. The van der Waals surface area contributed by atoms with Crippen LogP contribution in [0.3, 0.4) is 0 Å². The zero-order valence-electron chi connectivity index (χ0n) is 16.2. The molecule has 1 saturated heterocycles. The van der Waals surface area contributed by atoms with E-state index in [1.54, 1.807) is 24.3 Å². The third-order valence-corrected chi connectivity index (χ3v) is 6.10. The Kier molecular flexibility index (Phi) is 5.75. The standard InChI is InChI=1S/C21H25N5O2S/c22-29(27,28)17-9-7-16(8-10-17)11-12-23-21-18-5-1-2-6-19(18)24-20(25-21)15-26-13-3-4-14-26/h1-2,5-10H,3-4,11-15H2,(H2,22,27,28)(H,23,24,25). The summed E-state index contributed by atoms with van der Waals surface area (Å²) in [5.41, 5.74) is 1.97. The number of anilines is 1. The Hall–Kier alpha value is -2.55. The van der Waals surface area contributed by atoms with Crippen LogP contribution in [0.15, 0.2) is 53.4 Å². The van der Waals surface area contributed by atoms with Gasteiger partial charge in [-0.3, -0.25) is 4.90 Å². The average Bonchev–Trinajstić information content (AvgIpc) is 3.21. The Morgan fingerprint density at radius 3 is 2.45 bits per heavy atom. The van der Waals surface area contributed by atoms with Crippen LogP contribution in [0.1, 0.15) is 24.2 Å². The molecule has 8 heteroatoms. The van der Waals surface area contributed by atoms with Crippen LogP contribution in [-0.4, -0.2) is 42.9 Å². The highest BCUT2D eigenvalue weighted by Gasteiger charge is 2.15. The summed E-state index contributed by atoms with van der Waals surface area (Å²) in [4.78, 5) is 12.0. The molecule has 7 nitrogen and oxygen atoms in total. The highest BCUT2D eigenvalue weighted by Crippen LogP contribution is 2.21. The summed E-state index contributed by atoms with van der Waals surface area (Å²) in [5.74, 6) is 1.68. The molecular formula is C21H25N5O2S. The van der Waals surface area contributed by atoms with Gasteiger partial charge < -0.3 is 5.32 Å². The van der Waals surface area contributed by atoms with Crippen LogP contribution in [-0.2, 0) is 23.0 Å². The van der Waals surface area contributed by atoms with Gasteiger partial charge in [-0.1, -0.05) is 24.3 Å². The minimum Gasteiger partial charge on any atom is -0.369 e. The maximum Gasteiger partial charge on any atom is 0.238 e. The van der Waals surface area contributed by atoms with Crippen LogP contribution in [0.4, 0.5) is 5.82 Å². The summed E-state index contributed by atoms with van der Waals surface area (Å²) in [5, 5.41) is 9.59. The van der Waals surface area contributed by atoms with Crippen molar-refractivity contribution in [2.24, 2.45) is 5.14 Å². The van der Waals surface area contributed by atoms with E-state index in [0.717, 1.165) is 54.2 Å². The molecule has 3 aromatic rings. The lowest BCUT2D eigenvalue weighted by Crippen LogP contribution is -2.20. The Morgan fingerprint density at radius 2 is 1.72 bits per heavy atom. The van der Waals surface area contributed by atoms with Gasteiger partial charge in [0.25, 0.3) is 0 Å². The minimum atomic E-state index is -3.66. The number of hydrogen-bond donors (Lipinski definition) is 2. The first kappa shape index (κ1) is 19.8. The SMILES string of the molecule is NS(=O)(=O)c1ccc(CCNc2nc(CN3CCCC3)nc3ccccc23)cc1. The summed E-state index contributed by atoms with van der Waals surface area (Å²) in [6, 6.07) is 14.7. The van der Waals surface area contributed by atoms with E-state index in [4.69, 9.17) is 15.1 Å². The fraction of sp³-hybridized carbons (Fsp3) is 0.333. The molecule has 0 spiro atoms. The van der Waals surface area contributed by atoms with E-state index in [2.05, 4.69) is 10.2 Å². The Balaban J connectivity index is 1.47. The van der Waals surface area contributed by atoms with Crippen LogP contribution < -0.4 is 10.5 Å². The number of benzene rings is 2. The molecule has 0 radical (unpaired) electrons. The third-order valence-electron chi connectivity index (χ3n) is 5.17. The molecule has 1 aliphatic rings. The zero-order chi connectivity index (χ0) is 20.3. The molecule has 0 unspecified atom stereocenters. The van der Waals surface area contributed by atoms with Gasteiger partial charge in [0.05, 0.1) is 17.0 Å². The number of para-hydroxylation sites is 1. The van der Waals surface area contributed by atoms with Crippen LogP contribution in [0.5, 0.6) is 0 Å². The molecule has 2 heterocycles. The largest absolute Gasteiger partial charge is 0.369 e. The van der Waals surface area contributed by atoms with Crippen molar-refractivity contribution in [2.75, 3.05) is 25.0 Å². The number of likely N-dealkylation sites (tertiary alicyclic amines) is 1. The molecule has 1 aliphatic heterocycles. The summed E-state index contributed by atoms with van der Waals surface area (Å²) in [7, 11) is -3.66. The third kappa shape index (κ3) is 4.90. The molecule has 0 atom stereocenters. The minimum absolute atomic E-state index is 0.127. The van der Waals surface area contributed by atoms with Crippen molar-refractivity contribution >= 4 is 26.7 Å². The Labute approximate surface area is 171 Å². The van der Waals surface area contributed by atoms with Crippen molar-refractivity contribution in [1.29, 1.82) is 0 Å². The number of aromatic nitrogens is 2. The lowest BCUT2D eigenvalue weighted by Gasteiger charge is -2.15. The molecule has 4 rings (SSSR count). The van der Waals surface area contributed by atoms with Crippen molar-refractivity contribution in [1.82, 2.24) is 14.9 Å². The van der Waals surface area contributed by atoms with E-state index < -0.39 is 10.0 Å². The summed E-state index contributed by atoms with van der Waals surface area (Å²) in [6.07, 6.45) is 3.22. The van der Waals surface area contributed by atoms with E-state index in [0.29, 0.717) is 6.54 Å². The molecule has 29 heavy (non-hydrogen) atoms. The zero-order valence-corrected chi connectivity index (χ0v) is 17.0.